The van der Waals surface area contributed by atoms with Crippen LogP contribution in [0.15, 0.2) is 46.9 Å². The lowest BCUT2D eigenvalue weighted by Crippen LogP contribution is -2.18. The Labute approximate surface area is 161 Å². The first-order valence-corrected chi connectivity index (χ1v) is 9.93. The average Bonchev–Trinajstić information content (AvgIpc) is 3.01. The van der Waals surface area contributed by atoms with Gasteiger partial charge in [0.2, 0.25) is 0 Å². The molecule has 1 N–H and O–H groups in total. The van der Waals surface area contributed by atoms with E-state index < -0.39 is 0 Å². The van der Waals surface area contributed by atoms with Crippen LogP contribution in [-0.4, -0.2) is 21.0 Å². The second kappa shape index (κ2) is 7.12. The van der Waals surface area contributed by atoms with Crippen LogP contribution in [-0.2, 0) is 0 Å². The maximum absolute atomic E-state index is 13.9. The summed E-state index contributed by atoms with van der Waals surface area (Å²) >= 11 is 3.38. The molecule has 3 nitrogen and oxygen atoms in total. The number of rotatable bonds is 3. The van der Waals surface area contributed by atoms with Crippen LogP contribution in [0.25, 0.3) is 10.9 Å². The third-order valence-corrected chi connectivity index (χ3v) is 5.92. The molecule has 2 aromatic carbocycles. The predicted molar refractivity (Wildman–Crippen MR) is 105 cm³/mol. The maximum atomic E-state index is 13.9. The maximum Gasteiger partial charge on any atom is 0.124 e. The van der Waals surface area contributed by atoms with Crippen molar-refractivity contribution < 1.29 is 9.50 Å². The minimum absolute atomic E-state index is 0.0742. The Morgan fingerprint density at radius 1 is 1.15 bits per heavy atom. The lowest BCUT2D eigenvalue weighted by Gasteiger charge is -2.24. The molecule has 1 fully saturated rings. The lowest BCUT2D eigenvalue weighted by molar-refractivity contribution is 0.122. The van der Waals surface area contributed by atoms with Crippen molar-refractivity contribution in [2.24, 2.45) is 0 Å². The van der Waals surface area contributed by atoms with Crippen LogP contribution in [0.5, 0.6) is 0 Å². The normalized spacial score (nSPS) is 21.8. The smallest absolute Gasteiger partial charge is 0.124 e. The van der Waals surface area contributed by atoms with Gasteiger partial charge >= 0.3 is 0 Å². The number of para-hydroxylation sites is 1. The number of nitrogens with zero attached hydrogens (tertiary/aromatic N) is 2. The van der Waals surface area contributed by atoms with Crippen LogP contribution >= 0.6 is 15.9 Å². The Morgan fingerprint density at radius 3 is 2.62 bits per heavy atom. The molecule has 0 radical (unpaired) electrons. The lowest BCUT2D eigenvalue weighted by atomic mass is 9.84. The van der Waals surface area contributed by atoms with Gasteiger partial charge in [0.15, 0.2) is 0 Å². The first-order valence-electron chi connectivity index (χ1n) is 9.14. The van der Waals surface area contributed by atoms with E-state index in [1.807, 2.05) is 22.9 Å². The van der Waals surface area contributed by atoms with Gasteiger partial charge in [-0.1, -0.05) is 34.1 Å². The Hall–Kier alpha value is -1.72. The highest BCUT2D eigenvalue weighted by molar-refractivity contribution is 9.10. The quantitative estimate of drug-likeness (QED) is 0.606. The van der Waals surface area contributed by atoms with Crippen molar-refractivity contribution in [2.75, 3.05) is 0 Å². The molecule has 0 saturated heterocycles. The molecule has 1 heterocycles. The molecule has 3 aromatic rings. The molecule has 0 aliphatic heterocycles. The molecule has 0 amide bonds. The molecule has 4 rings (SSSR count). The summed E-state index contributed by atoms with van der Waals surface area (Å²) in [5, 5.41) is 15.9. The minimum atomic E-state index is -0.251. The van der Waals surface area contributed by atoms with E-state index in [1.165, 1.54) is 6.07 Å². The third kappa shape index (κ3) is 3.30. The molecule has 1 atom stereocenters. The summed E-state index contributed by atoms with van der Waals surface area (Å²) in [6.45, 7) is 2.05. The molecule has 1 aliphatic carbocycles. The number of halogens is 2. The van der Waals surface area contributed by atoms with E-state index in [1.54, 1.807) is 6.07 Å². The molecule has 1 unspecified atom stereocenters. The first-order chi connectivity index (χ1) is 12.5. The molecular formula is C21H22BrFN2O. The zero-order valence-corrected chi connectivity index (χ0v) is 16.3. The SMILES string of the molecule is CC(c1cc(F)cc(Br)c1)n1nc(C2CCC(O)CC2)c2ccccc21. The highest BCUT2D eigenvalue weighted by atomic mass is 79.9. The van der Waals surface area contributed by atoms with E-state index in [4.69, 9.17) is 5.10 Å². The predicted octanol–water partition coefficient (Wildman–Crippen LogP) is 5.57. The van der Waals surface area contributed by atoms with E-state index in [2.05, 4.69) is 35.0 Å². The largest absolute Gasteiger partial charge is 0.393 e. The van der Waals surface area contributed by atoms with Crippen LogP contribution in [0.2, 0.25) is 0 Å². The molecule has 1 saturated carbocycles. The topological polar surface area (TPSA) is 38.0 Å². The Morgan fingerprint density at radius 2 is 1.88 bits per heavy atom. The van der Waals surface area contributed by atoms with Crippen molar-refractivity contribution >= 4 is 26.8 Å². The number of hydrogen-bond acceptors (Lipinski definition) is 2. The molecule has 1 aromatic heterocycles. The summed E-state index contributed by atoms with van der Waals surface area (Å²) in [6, 6.07) is 13.2. The van der Waals surface area contributed by atoms with Gasteiger partial charge in [0, 0.05) is 15.8 Å². The van der Waals surface area contributed by atoms with Crippen LogP contribution in [0.1, 0.15) is 55.8 Å². The van der Waals surface area contributed by atoms with Crippen LogP contribution < -0.4 is 0 Å². The van der Waals surface area contributed by atoms with Crippen LogP contribution in [0.3, 0.4) is 0 Å². The Kier molecular flexibility index (Phi) is 4.84. The van der Waals surface area contributed by atoms with Crippen molar-refractivity contribution in [1.29, 1.82) is 0 Å². The fourth-order valence-electron chi connectivity index (χ4n) is 4.02. The zero-order chi connectivity index (χ0) is 18.3. The van der Waals surface area contributed by atoms with Gasteiger partial charge in [0.1, 0.15) is 5.82 Å². The molecule has 0 spiro atoms. The second-order valence-electron chi connectivity index (χ2n) is 7.23. The minimum Gasteiger partial charge on any atom is -0.393 e. The van der Waals surface area contributed by atoms with Crippen molar-refractivity contribution in [2.45, 2.75) is 50.7 Å². The average molecular weight is 417 g/mol. The standard InChI is InChI=1S/C21H22BrFN2O/c1-13(15-10-16(22)12-17(23)11-15)25-20-5-3-2-4-19(20)21(24-25)14-6-8-18(26)9-7-14/h2-5,10-14,18,26H,6-9H2,1H3. The van der Waals surface area contributed by atoms with Gasteiger partial charge in [-0.25, -0.2) is 4.39 Å². The summed E-state index contributed by atoms with van der Waals surface area (Å²) in [7, 11) is 0. The van der Waals surface area contributed by atoms with Crippen molar-refractivity contribution in [1.82, 2.24) is 9.78 Å². The van der Waals surface area contributed by atoms with Gasteiger partial charge in [-0.05, 0) is 62.4 Å². The number of hydrogen-bond donors (Lipinski definition) is 1. The van der Waals surface area contributed by atoms with Crippen molar-refractivity contribution in [3.63, 3.8) is 0 Å². The fraction of sp³-hybridized carbons (Fsp3) is 0.381. The van der Waals surface area contributed by atoms with Gasteiger partial charge in [-0.2, -0.15) is 5.10 Å². The van der Waals surface area contributed by atoms with Gasteiger partial charge in [-0.15, -0.1) is 0 Å². The summed E-state index contributed by atoms with van der Waals surface area (Å²) in [6.07, 6.45) is 3.41. The molecular weight excluding hydrogens is 395 g/mol. The van der Waals surface area contributed by atoms with Crippen molar-refractivity contribution in [3.8, 4) is 0 Å². The summed E-state index contributed by atoms with van der Waals surface area (Å²) in [5.74, 6) is 0.121. The zero-order valence-electron chi connectivity index (χ0n) is 14.7. The Balaban J connectivity index is 1.78. The highest BCUT2D eigenvalue weighted by Crippen LogP contribution is 2.37. The highest BCUT2D eigenvalue weighted by Gasteiger charge is 2.26. The summed E-state index contributed by atoms with van der Waals surface area (Å²) in [5.41, 5.74) is 3.06. The first kappa shape index (κ1) is 17.7. The summed E-state index contributed by atoms with van der Waals surface area (Å²) < 4.78 is 16.6. The Bertz CT molecular complexity index is 911. The van der Waals surface area contributed by atoms with Gasteiger partial charge < -0.3 is 5.11 Å². The number of benzene rings is 2. The number of aromatic nitrogens is 2. The molecule has 0 bridgehead atoms. The number of aliphatic hydroxyl groups is 1. The number of fused-ring (bicyclic) bond motifs is 1. The van der Waals surface area contributed by atoms with Crippen molar-refractivity contribution in [3.05, 3.63) is 64.0 Å². The third-order valence-electron chi connectivity index (χ3n) is 5.46. The second-order valence-corrected chi connectivity index (χ2v) is 8.15. The molecule has 1 aliphatic rings. The number of aliphatic hydroxyl groups excluding tert-OH is 1. The van der Waals surface area contributed by atoms with Gasteiger partial charge in [0.25, 0.3) is 0 Å². The van der Waals surface area contributed by atoms with Gasteiger partial charge in [-0.3, -0.25) is 4.68 Å². The molecule has 136 valence electrons. The molecule has 26 heavy (non-hydrogen) atoms. The van der Waals surface area contributed by atoms with Gasteiger partial charge in [0.05, 0.1) is 23.4 Å². The van der Waals surface area contributed by atoms with Crippen LogP contribution in [0.4, 0.5) is 4.39 Å². The van der Waals surface area contributed by atoms with E-state index >= 15 is 0 Å². The fourth-order valence-corrected chi connectivity index (χ4v) is 4.50. The van der Waals surface area contributed by atoms with E-state index in [0.29, 0.717) is 5.92 Å². The summed E-state index contributed by atoms with van der Waals surface area (Å²) in [4.78, 5) is 0. The van der Waals surface area contributed by atoms with Crippen LogP contribution in [0, 0.1) is 5.82 Å². The van der Waals surface area contributed by atoms with E-state index in [0.717, 1.165) is 52.3 Å². The van der Waals surface area contributed by atoms with E-state index in [-0.39, 0.29) is 18.0 Å². The van der Waals surface area contributed by atoms with E-state index in [9.17, 15) is 9.50 Å². The monoisotopic (exact) mass is 416 g/mol. The molecule has 5 heteroatoms.